The van der Waals surface area contributed by atoms with Crippen LogP contribution in [0.3, 0.4) is 0 Å². The van der Waals surface area contributed by atoms with E-state index in [1.807, 2.05) is 0 Å². The standard InChI is InChI=1S/C16H22N2/c1-13-4-6-14(7-5-13)12-18-9-8-15(11-17)10-16(18,2)3/h4-7,15H,8-10,12H2,1-3H3. The molecule has 0 aliphatic carbocycles. The smallest absolute Gasteiger partial charge is 0.0657 e. The molecule has 0 amide bonds. The Balaban J connectivity index is 2.06. The van der Waals surface area contributed by atoms with Gasteiger partial charge in [-0.3, -0.25) is 4.90 Å². The Labute approximate surface area is 110 Å². The van der Waals surface area contributed by atoms with Gasteiger partial charge in [0.25, 0.3) is 0 Å². The third kappa shape index (κ3) is 2.91. The van der Waals surface area contributed by atoms with Gasteiger partial charge in [0, 0.05) is 24.5 Å². The Morgan fingerprint density at radius 2 is 2.00 bits per heavy atom. The van der Waals surface area contributed by atoms with Gasteiger partial charge in [-0.05, 0) is 39.2 Å². The van der Waals surface area contributed by atoms with Crippen LogP contribution in [0.25, 0.3) is 0 Å². The van der Waals surface area contributed by atoms with Crippen LogP contribution in [0, 0.1) is 24.2 Å². The number of likely N-dealkylation sites (tertiary alicyclic amines) is 1. The van der Waals surface area contributed by atoms with Crippen LogP contribution in [0.4, 0.5) is 0 Å². The number of benzene rings is 1. The number of hydrogen-bond acceptors (Lipinski definition) is 2. The van der Waals surface area contributed by atoms with Crippen molar-refractivity contribution in [2.75, 3.05) is 6.54 Å². The van der Waals surface area contributed by atoms with Gasteiger partial charge >= 0.3 is 0 Å². The highest BCUT2D eigenvalue weighted by atomic mass is 15.2. The Morgan fingerprint density at radius 1 is 1.33 bits per heavy atom. The lowest BCUT2D eigenvalue weighted by atomic mass is 9.83. The first-order valence-corrected chi connectivity index (χ1v) is 6.71. The molecule has 1 aliphatic rings. The molecule has 0 aromatic heterocycles. The third-order valence-corrected chi connectivity index (χ3v) is 4.03. The average molecular weight is 242 g/mol. The van der Waals surface area contributed by atoms with Crippen molar-refractivity contribution in [3.8, 4) is 6.07 Å². The van der Waals surface area contributed by atoms with Crippen LogP contribution in [-0.4, -0.2) is 17.0 Å². The van der Waals surface area contributed by atoms with E-state index in [0.29, 0.717) is 0 Å². The summed E-state index contributed by atoms with van der Waals surface area (Å²) in [6.45, 7) is 8.64. The minimum atomic E-state index is 0.129. The summed E-state index contributed by atoms with van der Waals surface area (Å²) in [5, 5.41) is 9.06. The topological polar surface area (TPSA) is 27.0 Å². The molecule has 0 radical (unpaired) electrons. The van der Waals surface area contributed by atoms with Crippen LogP contribution < -0.4 is 0 Å². The molecule has 1 aromatic rings. The second-order valence-corrected chi connectivity index (χ2v) is 6.04. The molecule has 18 heavy (non-hydrogen) atoms. The lowest BCUT2D eigenvalue weighted by molar-refractivity contribution is 0.0528. The van der Waals surface area contributed by atoms with Crippen molar-refractivity contribution in [2.45, 2.75) is 45.7 Å². The third-order valence-electron chi connectivity index (χ3n) is 4.03. The molecule has 1 saturated heterocycles. The first-order chi connectivity index (χ1) is 8.51. The molecular weight excluding hydrogens is 220 g/mol. The maximum atomic E-state index is 9.06. The molecule has 96 valence electrons. The molecule has 0 saturated carbocycles. The lowest BCUT2D eigenvalue weighted by Gasteiger charge is -2.44. The average Bonchev–Trinajstić information content (AvgIpc) is 2.34. The van der Waals surface area contributed by atoms with Crippen LogP contribution >= 0.6 is 0 Å². The summed E-state index contributed by atoms with van der Waals surface area (Å²) >= 11 is 0. The number of nitrogens with zero attached hydrogens (tertiary/aromatic N) is 2. The zero-order valence-corrected chi connectivity index (χ0v) is 11.6. The SMILES string of the molecule is Cc1ccc(CN2CCC(C#N)CC2(C)C)cc1. The Hall–Kier alpha value is -1.33. The van der Waals surface area contributed by atoms with Gasteiger partial charge in [0.2, 0.25) is 0 Å². The van der Waals surface area contributed by atoms with Crippen LogP contribution in [0.15, 0.2) is 24.3 Å². The van der Waals surface area contributed by atoms with Crippen LogP contribution in [0.1, 0.15) is 37.8 Å². The number of hydrogen-bond donors (Lipinski definition) is 0. The van der Waals surface area contributed by atoms with E-state index >= 15 is 0 Å². The van der Waals surface area contributed by atoms with Crippen LogP contribution in [-0.2, 0) is 6.54 Å². The quantitative estimate of drug-likeness (QED) is 0.793. The van der Waals surface area contributed by atoms with Crippen molar-refractivity contribution in [2.24, 2.45) is 5.92 Å². The molecule has 1 atom stereocenters. The Kier molecular flexibility index (Phi) is 3.73. The van der Waals surface area contributed by atoms with Crippen molar-refractivity contribution >= 4 is 0 Å². The molecule has 0 spiro atoms. The molecule has 2 heteroatoms. The van der Waals surface area contributed by atoms with Gasteiger partial charge in [0.1, 0.15) is 0 Å². The summed E-state index contributed by atoms with van der Waals surface area (Å²) in [6, 6.07) is 11.2. The van der Waals surface area contributed by atoms with E-state index in [4.69, 9.17) is 5.26 Å². The normalized spacial score (nSPS) is 23.6. The highest BCUT2D eigenvalue weighted by Crippen LogP contribution is 2.32. The Morgan fingerprint density at radius 3 is 2.56 bits per heavy atom. The van der Waals surface area contributed by atoms with E-state index < -0.39 is 0 Å². The van der Waals surface area contributed by atoms with Crippen molar-refractivity contribution in [1.82, 2.24) is 4.90 Å². The molecule has 0 bridgehead atoms. The zero-order valence-electron chi connectivity index (χ0n) is 11.6. The zero-order chi connectivity index (χ0) is 13.2. The minimum Gasteiger partial charge on any atom is -0.294 e. The summed E-state index contributed by atoms with van der Waals surface area (Å²) in [6.07, 6.45) is 1.99. The molecule has 1 aliphatic heterocycles. The number of rotatable bonds is 2. The monoisotopic (exact) mass is 242 g/mol. The molecule has 2 nitrogen and oxygen atoms in total. The second-order valence-electron chi connectivity index (χ2n) is 6.04. The van der Waals surface area contributed by atoms with E-state index in [-0.39, 0.29) is 11.5 Å². The Bertz CT molecular complexity index is 439. The van der Waals surface area contributed by atoms with E-state index in [1.54, 1.807) is 0 Å². The van der Waals surface area contributed by atoms with E-state index in [2.05, 4.69) is 56.0 Å². The highest BCUT2D eigenvalue weighted by Gasteiger charge is 2.34. The van der Waals surface area contributed by atoms with E-state index in [9.17, 15) is 0 Å². The molecule has 2 rings (SSSR count). The summed E-state index contributed by atoms with van der Waals surface area (Å²) in [5.74, 6) is 0.231. The fourth-order valence-corrected chi connectivity index (χ4v) is 2.77. The first kappa shape index (κ1) is 13.1. The van der Waals surface area contributed by atoms with Gasteiger partial charge in [-0.2, -0.15) is 5.26 Å². The van der Waals surface area contributed by atoms with E-state index in [1.165, 1.54) is 11.1 Å². The van der Waals surface area contributed by atoms with Gasteiger partial charge in [-0.25, -0.2) is 0 Å². The predicted octanol–water partition coefficient (Wildman–Crippen LogP) is 3.51. The summed E-state index contributed by atoms with van der Waals surface area (Å²) in [4.78, 5) is 2.51. The fourth-order valence-electron chi connectivity index (χ4n) is 2.77. The lowest BCUT2D eigenvalue weighted by Crippen LogP contribution is -2.49. The number of nitriles is 1. The summed E-state index contributed by atoms with van der Waals surface area (Å²) in [5.41, 5.74) is 2.80. The number of aryl methyl sites for hydroxylation is 1. The van der Waals surface area contributed by atoms with E-state index in [0.717, 1.165) is 25.9 Å². The number of piperidine rings is 1. The summed E-state index contributed by atoms with van der Waals surface area (Å²) in [7, 11) is 0. The fraction of sp³-hybridized carbons (Fsp3) is 0.562. The molecule has 1 fully saturated rings. The van der Waals surface area contributed by atoms with Gasteiger partial charge in [-0.15, -0.1) is 0 Å². The minimum absolute atomic E-state index is 0.129. The van der Waals surface area contributed by atoms with Crippen LogP contribution in [0.2, 0.25) is 0 Å². The largest absolute Gasteiger partial charge is 0.294 e. The van der Waals surface area contributed by atoms with Gasteiger partial charge in [0.15, 0.2) is 0 Å². The van der Waals surface area contributed by atoms with Crippen molar-refractivity contribution in [1.29, 1.82) is 5.26 Å². The molecule has 0 N–H and O–H groups in total. The summed E-state index contributed by atoms with van der Waals surface area (Å²) < 4.78 is 0. The molecule has 1 aromatic carbocycles. The van der Waals surface area contributed by atoms with Gasteiger partial charge in [-0.1, -0.05) is 29.8 Å². The van der Waals surface area contributed by atoms with Gasteiger partial charge in [0.05, 0.1) is 6.07 Å². The van der Waals surface area contributed by atoms with Crippen LogP contribution in [0.5, 0.6) is 0 Å². The molecule has 1 unspecified atom stereocenters. The maximum Gasteiger partial charge on any atom is 0.0657 e. The maximum absolute atomic E-state index is 9.06. The van der Waals surface area contributed by atoms with Gasteiger partial charge < -0.3 is 0 Å². The highest BCUT2D eigenvalue weighted by molar-refractivity contribution is 5.21. The molecular formula is C16H22N2. The predicted molar refractivity (Wildman–Crippen MR) is 74.0 cm³/mol. The first-order valence-electron chi connectivity index (χ1n) is 6.71. The van der Waals surface area contributed by atoms with Crippen molar-refractivity contribution in [3.05, 3.63) is 35.4 Å². The van der Waals surface area contributed by atoms with Crippen molar-refractivity contribution in [3.63, 3.8) is 0 Å². The molecule has 1 heterocycles. The second kappa shape index (κ2) is 5.12. The van der Waals surface area contributed by atoms with Crippen molar-refractivity contribution < 1.29 is 0 Å².